The smallest absolute Gasteiger partial charge is 0.352 e. The van der Waals surface area contributed by atoms with Gasteiger partial charge >= 0.3 is 6.11 Å². The molecular weight excluding hydrogens is 613 g/mol. The predicted molar refractivity (Wildman–Crippen MR) is 161 cm³/mol. The molecule has 10 heteroatoms. The molecule has 0 N–H and O–H groups in total. The normalized spacial score (nSPS) is 27.7. The van der Waals surface area contributed by atoms with E-state index in [1.54, 1.807) is 0 Å². The minimum atomic E-state index is -3.92. The first-order valence-electron chi connectivity index (χ1n) is 16.6. The van der Waals surface area contributed by atoms with Crippen LogP contribution < -0.4 is 0 Å². The summed E-state index contributed by atoms with van der Waals surface area (Å²) in [5, 5.41) is 0. The SMILES string of the molecule is CCCCCC1COC(C2CCC(C3CCC(OC(F)(F)c4cc(F)c(C=Cc5cc(F)c(F)c(F)c5)c(F)c4)CC3)CC2)OC1. The summed E-state index contributed by atoms with van der Waals surface area (Å²) >= 11 is 0. The van der Waals surface area contributed by atoms with Crippen molar-refractivity contribution in [3.63, 3.8) is 0 Å². The van der Waals surface area contributed by atoms with Crippen LogP contribution in [0.4, 0.5) is 30.7 Å². The van der Waals surface area contributed by atoms with Crippen LogP contribution >= 0.6 is 0 Å². The zero-order chi connectivity index (χ0) is 32.8. The highest BCUT2D eigenvalue weighted by atomic mass is 19.3. The third-order valence-electron chi connectivity index (χ3n) is 9.97. The van der Waals surface area contributed by atoms with E-state index in [1.807, 2.05) is 0 Å². The van der Waals surface area contributed by atoms with E-state index in [-0.39, 0.29) is 11.9 Å². The van der Waals surface area contributed by atoms with E-state index >= 15 is 8.78 Å². The lowest BCUT2D eigenvalue weighted by Crippen LogP contribution is -2.39. The molecule has 2 aliphatic carbocycles. The lowest BCUT2D eigenvalue weighted by Gasteiger charge is -2.41. The summed E-state index contributed by atoms with van der Waals surface area (Å²) in [7, 11) is 0. The molecule has 0 amide bonds. The van der Waals surface area contributed by atoms with Crippen molar-refractivity contribution < 1.29 is 44.9 Å². The Kier molecular flexibility index (Phi) is 11.9. The van der Waals surface area contributed by atoms with Crippen molar-refractivity contribution >= 4 is 12.2 Å². The van der Waals surface area contributed by atoms with Crippen molar-refractivity contribution in [3.8, 4) is 0 Å². The number of rotatable bonds is 11. The van der Waals surface area contributed by atoms with Crippen LogP contribution in [0.5, 0.6) is 0 Å². The van der Waals surface area contributed by atoms with Gasteiger partial charge in [-0.2, -0.15) is 8.78 Å². The molecule has 0 radical (unpaired) electrons. The second kappa shape index (κ2) is 15.6. The number of hydrogen-bond donors (Lipinski definition) is 0. The largest absolute Gasteiger partial charge is 0.383 e. The molecule has 0 unspecified atom stereocenters. The zero-order valence-electron chi connectivity index (χ0n) is 26.2. The highest BCUT2D eigenvalue weighted by Gasteiger charge is 2.40. The van der Waals surface area contributed by atoms with Crippen molar-refractivity contribution in [1.29, 1.82) is 0 Å². The Labute approximate surface area is 266 Å². The van der Waals surface area contributed by atoms with Gasteiger partial charge in [-0.15, -0.1) is 0 Å². The van der Waals surface area contributed by atoms with Crippen molar-refractivity contribution in [3.05, 3.63) is 70.0 Å². The molecule has 0 aromatic heterocycles. The summed E-state index contributed by atoms with van der Waals surface area (Å²) in [6.45, 7) is 3.74. The Morgan fingerprint density at radius 1 is 0.717 bits per heavy atom. The van der Waals surface area contributed by atoms with Crippen molar-refractivity contribution in [1.82, 2.24) is 0 Å². The molecule has 254 valence electrons. The first kappa shape index (κ1) is 34.9. The minimum Gasteiger partial charge on any atom is -0.352 e. The molecule has 46 heavy (non-hydrogen) atoms. The quantitative estimate of drug-likeness (QED) is 0.104. The van der Waals surface area contributed by atoms with E-state index in [4.69, 9.17) is 14.2 Å². The Hall–Kier alpha value is -2.43. The number of alkyl halides is 2. The number of unbranched alkanes of at least 4 members (excludes halogenated alkanes) is 2. The van der Waals surface area contributed by atoms with Crippen LogP contribution in [0.25, 0.3) is 12.2 Å². The maximum absolute atomic E-state index is 15.1. The van der Waals surface area contributed by atoms with Gasteiger partial charge < -0.3 is 14.2 Å². The maximum Gasteiger partial charge on any atom is 0.383 e. The van der Waals surface area contributed by atoms with Gasteiger partial charge in [0.15, 0.2) is 23.7 Å². The van der Waals surface area contributed by atoms with Crippen LogP contribution in [0.1, 0.15) is 101 Å². The number of ether oxygens (including phenoxy) is 3. The number of halogens is 7. The van der Waals surface area contributed by atoms with Gasteiger partial charge in [0, 0.05) is 17.4 Å². The highest BCUT2D eigenvalue weighted by molar-refractivity contribution is 5.70. The second-order valence-corrected chi connectivity index (χ2v) is 13.2. The standard InChI is InChI=1S/C36H43F7O3/c1-2-3-4-5-23-20-44-35(45-21-23)26-9-7-24(8-10-26)25-11-13-28(14-12-25)46-36(42,43)27-18-30(37)29(31(38)19-27)15-6-22-16-32(39)34(41)33(40)17-22/h6,15-19,23-26,28,35H,2-5,7-14,20-21H2,1H3. The average molecular weight is 657 g/mol. The van der Waals surface area contributed by atoms with Crippen LogP contribution in [0, 0.1) is 52.8 Å². The summed E-state index contributed by atoms with van der Waals surface area (Å²) in [5.74, 6) is -5.39. The lowest BCUT2D eigenvalue weighted by molar-refractivity contribution is -0.278. The molecule has 3 aliphatic rings. The molecule has 2 aromatic carbocycles. The van der Waals surface area contributed by atoms with Crippen LogP contribution in [-0.4, -0.2) is 25.6 Å². The summed E-state index contributed by atoms with van der Waals surface area (Å²) in [4.78, 5) is 0. The van der Waals surface area contributed by atoms with Gasteiger partial charge in [0.25, 0.3) is 0 Å². The molecule has 0 spiro atoms. The molecule has 1 aliphatic heterocycles. The molecule has 1 heterocycles. The van der Waals surface area contributed by atoms with Crippen LogP contribution in [0.3, 0.4) is 0 Å². The van der Waals surface area contributed by atoms with E-state index in [1.165, 1.54) is 19.3 Å². The summed E-state index contributed by atoms with van der Waals surface area (Å²) in [5.41, 5.74) is -1.85. The van der Waals surface area contributed by atoms with Crippen LogP contribution in [0.2, 0.25) is 0 Å². The summed E-state index contributed by atoms with van der Waals surface area (Å²) in [6.07, 6.45) is 8.38. The summed E-state index contributed by atoms with van der Waals surface area (Å²) < 4.78 is 117. The molecule has 5 rings (SSSR count). The topological polar surface area (TPSA) is 27.7 Å². The van der Waals surface area contributed by atoms with Gasteiger partial charge in [-0.3, -0.25) is 0 Å². The molecule has 1 saturated heterocycles. The van der Waals surface area contributed by atoms with E-state index < -0.39 is 52.4 Å². The molecule has 2 saturated carbocycles. The zero-order valence-corrected chi connectivity index (χ0v) is 26.2. The van der Waals surface area contributed by atoms with E-state index in [0.29, 0.717) is 60.8 Å². The van der Waals surface area contributed by atoms with E-state index in [0.717, 1.165) is 70.3 Å². The average Bonchev–Trinajstić information content (AvgIpc) is 3.04. The Balaban J connectivity index is 1.08. The molecule has 0 bridgehead atoms. The third-order valence-corrected chi connectivity index (χ3v) is 9.97. The second-order valence-electron chi connectivity index (χ2n) is 13.2. The van der Waals surface area contributed by atoms with Crippen molar-refractivity contribution in [2.24, 2.45) is 23.7 Å². The molecule has 3 nitrogen and oxygen atoms in total. The third kappa shape index (κ3) is 8.72. The molecule has 0 atom stereocenters. The van der Waals surface area contributed by atoms with Gasteiger partial charge in [-0.25, -0.2) is 22.0 Å². The minimum absolute atomic E-state index is 0.126. The van der Waals surface area contributed by atoms with Crippen LogP contribution in [0.15, 0.2) is 24.3 Å². The maximum atomic E-state index is 15.1. The van der Waals surface area contributed by atoms with Crippen molar-refractivity contribution in [2.75, 3.05) is 13.2 Å². The fraction of sp³-hybridized carbons (Fsp3) is 0.611. The van der Waals surface area contributed by atoms with Gasteiger partial charge in [0.2, 0.25) is 0 Å². The highest BCUT2D eigenvalue weighted by Crippen LogP contribution is 2.44. The van der Waals surface area contributed by atoms with Crippen molar-refractivity contribution in [2.45, 2.75) is 102 Å². The Morgan fingerprint density at radius 2 is 1.26 bits per heavy atom. The number of benzene rings is 2. The fourth-order valence-corrected chi connectivity index (χ4v) is 7.29. The Bertz CT molecular complexity index is 1280. The van der Waals surface area contributed by atoms with Gasteiger partial charge in [0.1, 0.15) is 11.6 Å². The molecular formula is C36H43F7O3. The van der Waals surface area contributed by atoms with Gasteiger partial charge in [0.05, 0.1) is 24.9 Å². The molecule has 3 fully saturated rings. The van der Waals surface area contributed by atoms with Gasteiger partial charge in [-0.05, 0) is 106 Å². The summed E-state index contributed by atoms with van der Waals surface area (Å²) in [6, 6.07) is 2.27. The number of hydrogen-bond acceptors (Lipinski definition) is 3. The van der Waals surface area contributed by atoms with E-state index in [9.17, 15) is 22.0 Å². The molecule has 2 aromatic rings. The van der Waals surface area contributed by atoms with Crippen LogP contribution in [-0.2, 0) is 20.3 Å². The first-order valence-corrected chi connectivity index (χ1v) is 16.6. The fourth-order valence-electron chi connectivity index (χ4n) is 7.29. The predicted octanol–water partition coefficient (Wildman–Crippen LogP) is 10.6. The lowest BCUT2D eigenvalue weighted by atomic mass is 9.70. The van der Waals surface area contributed by atoms with E-state index in [2.05, 4.69) is 6.92 Å². The Morgan fingerprint density at radius 3 is 1.83 bits per heavy atom. The van der Waals surface area contributed by atoms with Gasteiger partial charge in [-0.1, -0.05) is 32.3 Å². The first-order chi connectivity index (χ1) is 22.0. The monoisotopic (exact) mass is 656 g/mol.